The van der Waals surface area contributed by atoms with Crippen LogP contribution in [-0.4, -0.2) is 42.5 Å². The van der Waals surface area contributed by atoms with Gasteiger partial charge in [-0.15, -0.1) is 0 Å². The Kier molecular flexibility index (Phi) is 10.2. The molecule has 4 rings (SSSR count). The molecule has 0 heterocycles. The largest absolute Gasteiger partial charge is 0.508 e. The van der Waals surface area contributed by atoms with Crippen molar-refractivity contribution in [3.05, 3.63) is 29.3 Å². The van der Waals surface area contributed by atoms with Crippen LogP contribution in [0.3, 0.4) is 0 Å². The summed E-state index contributed by atoms with van der Waals surface area (Å²) in [7, 11) is 2.62. The quantitative estimate of drug-likeness (QED) is 0.153. The lowest BCUT2D eigenvalue weighted by Gasteiger charge is -2.53. The molecule has 0 aliphatic heterocycles. The molecule has 4 unspecified atom stereocenters. The highest BCUT2D eigenvalue weighted by atomic mass is 16.5. The van der Waals surface area contributed by atoms with Crippen molar-refractivity contribution < 1.29 is 29.3 Å². The van der Waals surface area contributed by atoms with E-state index in [0.29, 0.717) is 35.8 Å². The number of esters is 2. The number of methoxy groups -OCH3 is 2. The number of aliphatic hydroxyl groups excluding tert-OH is 1. The van der Waals surface area contributed by atoms with Crippen LogP contribution in [0.1, 0.15) is 121 Å². The van der Waals surface area contributed by atoms with E-state index in [-0.39, 0.29) is 11.5 Å². The van der Waals surface area contributed by atoms with Gasteiger partial charge in [-0.05, 0) is 104 Å². The fourth-order valence-electron chi connectivity index (χ4n) is 8.71. The number of fused-ring (bicyclic) bond motifs is 5. The van der Waals surface area contributed by atoms with Crippen molar-refractivity contribution in [2.45, 2.75) is 122 Å². The van der Waals surface area contributed by atoms with Gasteiger partial charge in [0.2, 0.25) is 0 Å². The fraction of sp³-hybridized carbons (Fsp3) is 0.765. The van der Waals surface area contributed by atoms with Crippen molar-refractivity contribution in [2.24, 2.45) is 28.6 Å². The van der Waals surface area contributed by atoms with E-state index < -0.39 is 17.4 Å². The Morgan fingerprint density at radius 2 is 1.57 bits per heavy atom. The highest BCUT2D eigenvalue weighted by Crippen LogP contribution is 2.62. The van der Waals surface area contributed by atoms with Gasteiger partial charge in [0.05, 0.1) is 20.3 Å². The van der Waals surface area contributed by atoms with Gasteiger partial charge in [-0.2, -0.15) is 0 Å². The number of unbranched alkanes of at least 4 members (excludes halogenated alkanes) is 7. The smallest absolute Gasteiger partial charge is 0.322 e. The summed E-state index contributed by atoms with van der Waals surface area (Å²) < 4.78 is 9.67. The maximum Gasteiger partial charge on any atom is 0.322 e. The Hall–Kier alpha value is -2.08. The monoisotopic (exact) mass is 556 g/mol. The van der Waals surface area contributed by atoms with Crippen LogP contribution in [0.5, 0.6) is 5.75 Å². The lowest BCUT2D eigenvalue weighted by atomic mass is 9.52. The van der Waals surface area contributed by atoms with Crippen molar-refractivity contribution in [3.8, 4) is 5.75 Å². The third-order valence-electron chi connectivity index (χ3n) is 11.1. The molecule has 40 heavy (non-hydrogen) atoms. The minimum Gasteiger partial charge on any atom is -0.508 e. The van der Waals surface area contributed by atoms with E-state index in [2.05, 4.69) is 13.0 Å². The van der Waals surface area contributed by atoms with Crippen LogP contribution in [0.25, 0.3) is 0 Å². The minimum absolute atomic E-state index is 0.0684. The number of carbonyl (C=O) groups excluding carboxylic acids is 2. The van der Waals surface area contributed by atoms with E-state index in [1.165, 1.54) is 63.9 Å². The van der Waals surface area contributed by atoms with Crippen LogP contribution < -0.4 is 0 Å². The molecule has 0 aromatic heterocycles. The summed E-state index contributed by atoms with van der Waals surface area (Å²) in [5.74, 6) is 1.79. The SMILES string of the molecule is COC(=O)C(C)(CCCCCCCCCCC1Cc2cc(O)ccc2C2CC[C@@]3(C)C(CC[C@@H]3O)C12)C(=O)OC. The summed E-state index contributed by atoms with van der Waals surface area (Å²) in [4.78, 5) is 24.2. The van der Waals surface area contributed by atoms with E-state index in [0.717, 1.165) is 51.4 Å². The predicted octanol–water partition coefficient (Wildman–Crippen LogP) is 7.09. The molecular weight excluding hydrogens is 504 g/mol. The zero-order chi connectivity index (χ0) is 28.9. The number of hydrogen-bond acceptors (Lipinski definition) is 6. The molecule has 6 atom stereocenters. The number of ether oxygens (including phenoxy) is 2. The summed E-state index contributed by atoms with van der Waals surface area (Å²) >= 11 is 0. The molecule has 0 saturated heterocycles. The van der Waals surface area contributed by atoms with Crippen LogP contribution in [0, 0.1) is 28.6 Å². The van der Waals surface area contributed by atoms with Crippen molar-refractivity contribution >= 4 is 11.9 Å². The zero-order valence-electron chi connectivity index (χ0n) is 25.3. The maximum atomic E-state index is 12.1. The number of carbonyl (C=O) groups is 2. The fourth-order valence-corrected chi connectivity index (χ4v) is 8.71. The molecule has 1 aromatic rings. The molecule has 0 bridgehead atoms. The second-order valence-corrected chi connectivity index (χ2v) is 13.5. The first-order chi connectivity index (χ1) is 19.2. The van der Waals surface area contributed by atoms with Crippen molar-refractivity contribution in [1.29, 1.82) is 0 Å². The molecule has 2 fully saturated rings. The number of phenolic OH excluding ortho intramolecular Hbond substituents is 1. The molecule has 0 amide bonds. The highest BCUT2D eigenvalue weighted by molar-refractivity contribution is 5.99. The number of phenols is 1. The first-order valence-electron chi connectivity index (χ1n) is 15.8. The molecular formula is C34H52O6. The molecule has 2 saturated carbocycles. The normalized spacial score (nSPS) is 29.3. The molecule has 6 heteroatoms. The molecule has 224 valence electrons. The molecule has 0 radical (unpaired) electrons. The maximum absolute atomic E-state index is 12.1. The van der Waals surface area contributed by atoms with Gasteiger partial charge >= 0.3 is 11.9 Å². The summed E-state index contributed by atoms with van der Waals surface area (Å²) in [6.07, 6.45) is 16.0. The van der Waals surface area contributed by atoms with Crippen LogP contribution in [0.2, 0.25) is 0 Å². The molecule has 3 aliphatic rings. The number of aliphatic hydroxyl groups is 1. The molecule has 0 spiro atoms. The van der Waals surface area contributed by atoms with Crippen LogP contribution >= 0.6 is 0 Å². The van der Waals surface area contributed by atoms with Crippen molar-refractivity contribution in [1.82, 2.24) is 0 Å². The molecule has 3 aliphatic carbocycles. The van der Waals surface area contributed by atoms with E-state index in [4.69, 9.17) is 9.47 Å². The lowest BCUT2D eigenvalue weighted by Crippen LogP contribution is -2.47. The van der Waals surface area contributed by atoms with Crippen LogP contribution in [-0.2, 0) is 25.5 Å². The van der Waals surface area contributed by atoms with E-state index in [1.54, 1.807) is 6.92 Å². The summed E-state index contributed by atoms with van der Waals surface area (Å²) in [6.45, 7) is 3.96. The Morgan fingerprint density at radius 1 is 0.950 bits per heavy atom. The Labute approximate surface area is 241 Å². The van der Waals surface area contributed by atoms with Crippen LogP contribution in [0.15, 0.2) is 18.2 Å². The number of benzene rings is 1. The topological polar surface area (TPSA) is 93.1 Å². The van der Waals surface area contributed by atoms with E-state index in [9.17, 15) is 19.8 Å². The number of aromatic hydroxyl groups is 1. The standard InChI is InChI=1S/C34H52O6/c1-33-20-18-27-26-15-14-25(35)22-24(26)21-23(30(27)28(33)16-17-29(33)36)13-11-9-7-5-6-8-10-12-19-34(2,31(37)39-3)32(38)40-4/h14-15,22-23,27-30,35-36H,5-13,16-21H2,1-4H3/t23?,27?,28?,29-,30?,33-/m0/s1. The third kappa shape index (κ3) is 6.22. The van der Waals surface area contributed by atoms with Gasteiger partial charge in [0, 0.05) is 0 Å². The minimum atomic E-state index is -1.22. The second-order valence-electron chi connectivity index (χ2n) is 13.5. The molecule has 2 N–H and O–H groups in total. The Bertz CT molecular complexity index is 1000. The number of hydrogen-bond donors (Lipinski definition) is 2. The van der Waals surface area contributed by atoms with Crippen molar-refractivity contribution in [2.75, 3.05) is 14.2 Å². The average molecular weight is 557 g/mol. The molecule has 6 nitrogen and oxygen atoms in total. The second kappa shape index (κ2) is 13.3. The predicted molar refractivity (Wildman–Crippen MR) is 156 cm³/mol. The zero-order valence-corrected chi connectivity index (χ0v) is 25.3. The van der Waals surface area contributed by atoms with Gasteiger partial charge in [0.15, 0.2) is 5.41 Å². The summed E-state index contributed by atoms with van der Waals surface area (Å²) in [5, 5.41) is 21.1. The van der Waals surface area contributed by atoms with Crippen molar-refractivity contribution in [3.63, 3.8) is 0 Å². The lowest BCUT2D eigenvalue weighted by molar-refractivity contribution is -0.168. The Balaban J connectivity index is 1.21. The summed E-state index contributed by atoms with van der Waals surface area (Å²) in [5.41, 5.74) is 1.66. The van der Waals surface area contributed by atoms with E-state index >= 15 is 0 Å². The average Bonchev–Trinajstić information content (AvgIpc) is 3.26. The first kappa shape index (κ1) is 30.9. The number of rotatable bonds is 13. The van der Waals surface area contributed by atoms with Gasteiger partial charge in [-0.1, -0.05) is 64.4 Å². The van der Waals surface area contributed by atoms with Gasteiger partial charge in [0.25, 0.3) is 0 Å². The van der Waals surface area contributed by atoms with Gasteiger partial charge in [-0.3, -0.25) is 9.59 Å². The van der Waals surface area contributed by atoms with Gasteiger partial charge in [-0.25, -0.2) is 0 Å². The van der Waals surface area contributed by atoms with Gasteiger partial charge in [0.1, 0.15) is 5.75 Å². The highest BCUT2D eigenvalue weighted by Gasteiger charge is 2.56. The first-order valence-corrected chi connectivity index (χ1v) is 15.8. The van der Waals surface area contributed by atoms with Crippen LogP contribution in [0.4, 0.5) is 0 Å². The van der Waals surface area contributed by atoms with E-state index in [1.807, 2.05) is 12.1 Å². The van der Waals surface area contributed by atoms with Gasteiger partial charge < -0.3 is 19.7 Å². The Morgan fingerprint density at radius 3 is 2.23 bits per heavy atom. The molecule has 1 aromatic carbocycles. The third-order valence-corrected chi connectivity index (χ3v) is 11.1. The summed E-state index contributed by atoms with van der Waals surface area (Å²) in [6, 6.07) is 6.05.